The summed E-state index contributed by atoms with van der Waals surface area (Å²) in [6.07, 6.45) is 0. The monoisotopic (exact) mass is 443 g/mol. The van der Waals surface area contributed by atoms with Crippen LogP contribution in [-0.4, -0.2) is 11.0 Å². The van der Waals surface area contributed by atoms with Gasteiger partial charge in [0.25, 0.3) is 5.91 Å². The second-order valence-electron chi connectivity index (χ2n) is 7.75. The fourth-order valence-electron chi connectivity index (χ4n) is 3.84. The molecule has 0 saturated carbocycles. The predicted octanol–water partition coefficient (Wildman–Crippen LogP) is 7.88. The van der Waals surface area contributed by atoms with Crippen molar-refractivity contribution in [3.05, 3.63) is 121 Å². The highest BCUT2D eigenvalue weighted by atomic mass is 16.3. The van der Waals surface area contributed by atoms with Crippen molar-refractivity contribution in [2.45, 2.75) is 0 Å². The summed E-state index contributed by atoms with van der Waals surface area (Å²) in [5.74, 6) is -0.635. The van der Waals surface area contributed by atoms with Crippen LogP contribution in [0.15, 0.2) is 125 Å². The Labute approximate surface area is 197 Å². The van der Waals surface area contributed by atoms with Crippen molar-refractivity contribution in [1.82, 2.24) is 0 Å². The minimum absolute atomic E-state index is 0.132. The number of phenolic OH excluding ortho intramolecular Hbond substituents is 1. The molecule has 0 spiro atoms. The van der Waals surface area contributed by atoms with Gasteiger partial charge in [-0.1, -0.05) is 91.0 Å². The average Bonchev–Trinajstić information content (AvgIpc) is 2.89. The molecule has 0 fully saturated rings. The summed E-state index contributed by atoms with van der Waals surface area (Å²) < 4.78 is 0. The standard InChI is InChI=1S/C29H21N3O2/c33-28-25(29(34)30-22-14-5-2-6-15-22)19-21-13-7-8-17-24(21)27(28)32-31-26-18-10-9-16-23(26)20-11-3-1-4-12-20/h1-19,33H,(H,30,34). The number of nitrogens with one attached hydrogen (secondary N) is 1. The number of hydrogen-bond donors (Lipinski definition) is 2. The first kappa shape index (κ1) is 21.1. The minimum atomic E-state index is -0.421. The van der Waals surface area contributed by atoms with Crippen LogP contribution in [0.5, 0.6) is 5.75 Å². The van der Waals surface area contributed by atoms with E-state index in [1.54, 1.807) is 18.2 Å². The van der Waals surface area contributed by atoms with E-state index in [0.29, 0.717) is 16.8 Å². The molecule has 5 aromatic carbocycles. The van der Waals surface area contributed by atoms with Crippen LogP contribution in [0.2, 0.25) is 0 Å². The molecule has 0 aliphatic heterocycles. The van der Waals surface area contributed by atoms with Crippen molar-refractivity contribution >= 4 is 33.7 Å². The number of aromatic hydroxyl groups is 1. The molecule has 0 atom stereocenters. The van der Waals surface area contributed by atoms with Crippen LogP contribution in [0.1, 0.15) is 10.4 Å². The van der Waals surface area contributed by atoms with Gasteiger partial charge < -0.3 is 10.4 Å². The first-order valence-electron chi connectivity index (χ1n) is 10.9. The van der Waals surface area contributed by atoms with E-state index in [-0.39, 0.29) is 17.0 Å². The minimum Gasteiger partial charge on any atom is -0.505 e. The fraction of sp³-hybridized carbons (Fsp3) is 0. The molecule has 1 amide bonds. The van der Waals surface area contributed by atoms with Gasteiger partial charge in [0.1, 0.15) is 5.69 Å². The number of anilines is 1. The Morgan fingerprint density at radius 3 is 2.15 bits per heavy atom. The summed E-state index contributed by atoms with van der Waals surface area (Å²) in [7, 11) is 0. The van der Waals surface area contributed by atoms with E-state index in [0.717, 1.165) is 16.5 Å². The van der Waals surface area contributed by atoms with Crippen LogP contribution >= 0.6 is 0 Å². The molecule has 0 radical (unpaired) electrons. The van der Waals surface area contributed by atoms with E-state index in [1.165, 1.54) is 0 Å². The van der Waals surface area contributed by atoms with Crippen LogP contribution in [0.3, 0.4) is 0 Å². The zero-order valence-electron chi connectivity index (χ0n) is 18.2. The van der Waals surface area contributed by atoms with Crippen LogP contribution < -0.4 is 5.32 Å². The maximum atomic E-state index is 13.0. The third kappa shape index (κ3) is 4.27. The number of carbonyl (C=O) groups is 1. The zero-order valence-corrected chi connectivity index (χ0v) is 18.2. The van der Waals surface area contributed by atoms with E-state index in [1.807, 2.05) is 97.1 Å². The Morgan fingerprint density at radius 1 is 0.706 bits per heavy atom. The van der Waals surface area contributed by atoms with Gasteiger partial charge in [-0.25, -0.2) is 0 Å². The molecule has 5 aromatic rings. The summed E-state index contributed by atoms with van der Waals surface area (Å²) in [6, 6.07) is 35.9. The molecule has 164 valence electrons. The molecule has 5 rings (SSSR count). The number of rotatable bonds is 5. The van der Waals surface area contributed by atoms with E-state index in [2.05, 4.69) is 15.5 Å². The maximum absolute atomic E-state index is 13.0. The Bertz CT molecular complexity index is 1500. The van der Waals surface area contributed by atoms with Crippen molar-refractivity contribution < 1.29 is 9.90 Å². The summed E-state index contributed by atoms with van der Waals surface area (Å²) in [5, 5.41) is 24.3. The number of phenols is 1. The molecule has 2 N–H and O–H groups in total. The van der Waals surface area contributed by atoms with Crippen LogP contribution in [0.4, 0.5) is 17.1 Å². The second-order valence-corrected chi connectivity index (χ2v) is 7.75. The number of benzene rings is 5. The topological polar surface area (TPSA) is 74.0 Å². The van der Waals surface area contributed by atoms with Gasteiger partial charge in [-0.2, -0.15) is 0 Å². The number of para-hydroxylation sites is 1. The number of carbonyl (C=O) groups excluding carboxylic acids is 1. The van der Waals surface area contributed by atoms with Gasteiger partial charge in [0.05, 0.1) is 11.3 Å². The molecule has 0 aromatic heterocycles. The molecule has 0 aliphatic rings. The highest BCUT2D eigenvalue weighted by Crippen LogP contribution is 2.40. The summed E-state index contributed by atoms with van der Waals surface area (Å²) >= 11 is 0. The van der Waals surface area contributed by atoms with Gasteiger partial charge in [-0.15, -0.1) is 10.2 Å². The number of nitrogens with zero attached hydrogens (tertiary/aromatic N) is 2. The third-order valence-electron chi connectivity index (χ3n) is 5.52. The van der Waals surface area contributed by atoms with Gasteiger partial charge >= 0.3 is 0 Å². The van der Waals surface area contributed by atoms with Crippen molar-refractivity contribution in [2.75, 3.05) is 5.32 Å². The molecule has 0 aliphatic carbocycles. The van der Waals surface area contributed by atoms with Gasteiger partial charge in [0.2, 0.25) is 0 Å². The van der Waals surface area contributed by atoms with Gasteiger partial charge in [-0.05, 0) is 35.2 Å². The largest absolute Gasteiger partial charge is 0.505 e. The molecule has 0 unspecified atom stereocenters. The normalized spacial score (nSPS) is 11.1. The lowest BCUT2D eigenvalue weighted by Gasteiger charge is -2.11. The highest BCUT2D eigenvalue weighted by molar-refractivity contribution is 6.11. The van der Waals surface area contributed by atoms with E-state index >= 15 is 0 Å². The third-order valence-corrected chi connectivity index (χ3v) is 5.52. The lowest BCUT2D eigenvalue weighted by Crippen LogP contribution is -2.12. The quantitative estimate of drug-likeness (QED) is 0.271. The lowest BCUT2D eigenvalue weighted by molar-refractivity contribution is 0.102. The first-order valence-corrected chi connectivity index (χ1v) is 10.9. The smallest absolute Gasteiger partial charge is 0.259 e. The SMILES string of the molecule is O=C(Nc1ccccc1)c1cc2ccccc2c(N=Nc2ccccc2-c2ccccc2)c1O. The maximum Gasteiger partial charge on any atom is 0.259 e. The second kappa shape index (κ2) is 9.38. The summed E-state index contributed by atoms with van der Waals surface area (Å²) in [5.41, 5.74) is 3.62. The Hall–Kier alpha value is -4.77. The molecular weight excluding hydrogens is 422 g/mol. The van der Waals surface area contributed by atoms with E-state index in [4.69, 9.17) is 0 Å². The number of hydrogen-bond acceptors (Lipinski definition) is 4. The van der Waals surface area contributed by atoms with E-state index < -0.39 is 5.91 Å². The van der Waals surface area contributed by atoms with E-state index in [9.17, 15) is 9.90 Å². The molecule has 0 heterocycles. The van der Waals surface area contributed by atoms with Gasteiger partial charge in [-0.3, -0.25) is 4.79 Å². The van der Waals surface area contributed by atoms with Crippen LogP contribution in [0, 0.1) is 0 Å². The number of azo groups is 1. The molecule has 0 bridgehead atoms. The van der Waals surface area contributed by atoms with Gasteiger partial charge in [0, 0.05) is 16.6 Å². The first-order chi connectivity index (χ1) is 16.7. The summed E-state index contributed by atoms with van der Waals surface area (Å²) in [6.45, 7) is 0. The van der Waals surface area contributed by atoms with Crippen molar-refractivity contribution in [3.63, 3.8) is 0 Å². The van der Waals surface area contributed by atoms with Crippen molar-refractivity contribution in [1.29, 1.82) is 0 Å². The van der Waals surface area contributed by atoms with Gasteiger partial charge in [0.15, 0.2) is 5.75 Å². The number of fused-ring (bicyclic) bond motifs is 1. The number of amides is 1. The molecule has 34 heavy (non-hydrogen) atoms. The summed E-state index contributed by atoms with van der Waals surface area (Å²) in [4.78, 5) is 13.0. The Kier molecular flexibility index (Phi) is 5.82. The van der Waals surface area contributed by atoms with Crippen LogP contribution in [-0.2, 0) is 0 Å². The lowest BCUT2D eigenvalue weighted by atomic mass is 10.0. The molecule has 0 saturated heterocycles. The highest BCUT2D eigenvalue weighted by Gasteiger charge is 2.18. The fourth-order valence-corrected chi connectivity index (χ4v) is 3.84. The predicted molar refractivity (Wildman–Crippen MR) is 136 cm³/mol. The molecular formula is C29H21N3O2. The molecule has 5 heteroatoms. The Morgan fingerprint density at radius 2 is 1.35 bits per heavy atom. The van der Waals surface area contributed by atoms with Crippen molar-refractivity contribution in [2.24, 2.45) is 10.2 Å². The Balaban J connectivity index is 1.59. The molecule has 5 nitrogen and oxygen atoms in total. The average molecular weight is 444 g/mol. The van der Waals surface area contributed by atoms with Crippen LogP contribution in [0.25, 0.3) is 21.9 Å². The van der Waals surface area contributed by atoms with Crippen molar-refractivity contribution in [3.8, 4) is 16.9 Å². The zero-order chi connectivity index (χ0) is 23.3.